The molecule has 0 aliphatic carbocycles. The summed E-state index contributed by atoms with van der Waals surface area (Å²) in [5.74, 6) is 0.291. The van der Waals surface area contributed by atoms with Gasteiger partial charge in [0, 0.05) is 30.6 Å². The first-order valence-corrected chi connectivity index (χ1v) is 9.02. The van der Waals surface area contributed by atoms with Crippen molar-refractivity contribution in [2.75, 3.05) is 19.6 Å². The van der Waals surface area contributed by atoms with Gasteiger partial charge in [-0.2, -0.15) is 0 Å². The molecule has 0 radical (unpaired) electrons. The van der Waals surface area contributed by atoms with E-state index in [1.807, 2.05) is 6.92 Å². The van der Waals surface area contributed by atoms with Gasteiger partial charge in [0.15, 0.2) is 0 Å². The number of nitrogens with one attached hydrogen (secondary N) is 1. The van der Waals surface area contributed by atoms with Crippen LogP contribution in [0.25, 0.3) is 10.9 Å². The van der Waals surface area contributed by atoms with E-state index in [4.69, 9.17) is 0 Å². The van der Waals surface area contributed by atoms with Gasteiger partial charge in [-0.1, -0.05) is 6.92 Å². The Bertz CT molecular complexity index is 777. The van der Waals surface area contributed by atoms with Crippen molar-refractivity contribution >= 4 is 16.8 Å². The maximum absolute atomic E-state index is 13.3. The molecule has 0 bridgehead atoms. The number of hydrogen-bond acceptors (Lipinski definition) is 3. The number of halogens is 1. The number of rotatable bonds is 4. The smallest absolute Gasteiger partial charge is 0.253 e. The average Bonchev–Trinajstić information content (AvgIpc) is 2.53. The third-order valence-electron chi connectivity index (χ3n) is 4.87. The van der Waals surface area contributed by atoms with Gasteiger partial charge in [-0.05, 0) is 57.4 Å². The molecule has 1 saturated heterocycles. The molecule has 0 spiro atoms. The van der Waals surface area contributed by atoms with Crippen LogP contribution in [0.1, 0.15) is 42.7 Å². The predicted molar refractivity (Wildman–Crippen MR) is 98.2 cm³/mol. The van der Waals surface area contributed by atoms with Crippen molar-refractivity contribution in [3.63, 3.8) is 0 Å². The van der Waals surface area contributed by atoms with Gasteiger partial charge >= 0.3 is 0 Å². The molecular formula is C20H26FN3O. The summed E-state index contributed by atoms with van der Waals surface area (Å²) >= 11 is 0. The lowest BCUT2D eigenvalue weighted by atomic mass is 10.00. The summed E-state index contributed by atoms with van der Waals surface area (Å²) in [6, 6.07) is 6.31. The first-order chi connectivity index (χ1) is 11.9. The molecule has 1 fully saturated rings. The third kappa shape index (κ3) is 4.34. The van der Waals surface area contributed by atoms with Crippen LogP contribution in [0.2, 0.25) is 0 Å². The van der Waals surface area contributed by atoms with Gasteiger partial charge in [0.25, 0.3) is 5.91 Å². The lowest BCUT2D eigenvalue weighted by molar-refractivity contribution is 0.0919. The van der Waals surface area contributed by atoms with E-state index >= 15 is 0 Å². The normalized spacial score (nSPS) is 19.8. The van der Waals surface area contributed by atoms with Crippen LogP contribution < -0.4 is 5.32 Å². The largest absolute Gasteiger partial charge is 0.348 e. The van der Waals surface area contributed by atoms with Crippen molar-refractivity contribution in [1.82, 2.24) is 15.2 Å². The number of aryl methyl sites for hydroxylation is 1. The third-order valence-corrected chi connectivity index (χ3v) is 4.87. The van der Waals surface area contributed by atoms with Gasteiger partial charge in [-0.25, -0.2) is 4.39 Å². The highest BCUT2D eigenvalue weighted by Gasteiger charge is 2.20. The van der Waals surface area contributed by atoms with Crippen LogP contribution in [0.4, 0.5) is 4.39 Å². The van der Waals surface area contributed by atoms with Crippen LogP contribution in [-0.4, -0.2) is 41.5 Å². The summed E-state index contributed by atoms with van der Waals surface area (Å²) in [5.41, 5.74) is 1.75. The van der Waals surface area contributed by atoms with Gasteiger partial charge in [-0.15, -0.1) is 0 Å². The van der Waals surface area contributed by atoms with Crippen LogP contribution in [0, 0.1) is 18.7 Å². The summed E-state index contributed by atoms with van der Waals surface area (Å²) < 4.78 is 13.3. The molecule has 5 heteroatoms. The minimum Gasteiger partial charge on any atom is -0.348 e. The lowest BCUT2D eigenvalue weighted by Crippen LogP contribution is -2.45. The predicted octanol–water partition coefficient (Wildman–Crippen LogP) is 3.53. The Labute approximate surface area is 148 Å². The van der Waals surface area contributed by atoms with E-state index in [2.05, 4.69) is 22.1 Å². The Morgan fingerprint density at radius 3 is 3.00 bits per heavy atom. The summed E-state index contributed by atoms with van der Waals surface area (Å²) in [6.07, 6.45) is 2.52. The Kier molecular flexibility index (Phi) is 5.33. The molecule has 1 aromatic carbocycles. The van der Waals surface area contributed by atoms with Crippen LogP contribution in [-0.2, 0) is 0 Å². The van der Waals surface area contributed by atoms with Gasteiger partial charge in [0.1, 0.15) is 5.82 Å². The van der Waals surface area contributed by atoms with E-state index in [1.54, 1.807) is 19.1 Å². The fraction of sp³-hybridized carbons (Fsp3) is 0.500. The zero-order valence-electron chi connectivity index (χ0n) is 15.2. The lowest BCUT2D eigenvalue weighted by Gasteiger charge is -2.32. The van der Waals surface area contributed by atoms with Gasteiger partial charge < -0.3 is 10.2 Å². The van der Waals surface area contributed by atoms with Crippen molar-refractivity contribution in [3.05, 3.63) is 41.3 Å². The summed E-state index contributed by atoms with van der Waals surface area (Å²) in [6.45, 7) is 9.17. The number of hydrogen-bond donors (Lipinski definition) is 1. The maximum Gasteiger partial charge on any atom is 0.253 e. The molecule has 4 nitrogen and oxygen atoms in total. The maximum atomic E-state index is 13.3. The number of fused-ring (bicyclic) bond motifs is 1. The van der Waals surface area contributed by atoms with Crippen molar-refractivity contribution in [2.24, 2.45) is 5.92 Å². The molecule has 2 aromatic rings. The summed E-state index contributed by atoms with van der Waals surface area (Å²) in [5, 5.41) is 3.85. The highest BCUT2D eigenvalue weighted by Crippen LogP contribution is 2.18. The molecule has 25 heavy (non-hydrogen) atoms. The fourth-order valence-corrected chi connectivity index (χ4v) is 3.65. The standard InChI is InChI=1S/C20H26FN3O/c1-13-5-4-8-24(11-13)12-14(2)22-20(25)18-9-16-6-7-17(21)10-19(16)23-15(18)3/h6-7,9-10,13-14H,4-5,8,11-12H2,1-3H3,(H,22,25)/t13-,14-/m1/s1. The number of carbonyl (C=O) groups is 1. The molecule has 1 amide bonds. The molecule has 1 aromatic heterocycles. The number of likely N-dealkylation sites (tertiary alicyclic amines) is 1. The molecular weight excluding hydrogens is 317 g/mol. The molecule has 134 valence electrons. The van der Waals surface area contributed by atoms with E-state index in [0.29, 0.717) is 16.8 Å². The van der Waals surface area contributed by atoms with E-state index in [0.717, 1.165) is 30.9 Å². The fourth-order valence-electron chi connectivity index (χ4n) is 3.65. The number of piperidine rings is 1. The average molecular weight is 343 g/mol. The van der Waals surface area contributed by atoms with Crippen molar-refractivity contribution < 1.29 is 9.18 Å². The Morgan fingerprint density at radius 1 is 1.44 bits per heavy atom. The highest BCUT2D eigenvalue weighted by atomic mass is 19.1. The molecule has 0 saturated carbocycles. The van der Waals surface area contributed by atoms with Crippen molar-refractivity contribution in [1.29, 1.82) is 0 Å². The number of nitrogens with zero attached hydrogens (tertiary/aromatic N) is 2. The molecule has 0 unspecified atom stereocenters. The Morgan fingerprint density at radius 2 is 2.24 bits per heavy atom. The Hall–Kier alpha value is -2.01. The van der Waals surface area contributed by atoms with E-state index in [9.17, 15) is 9.18 Å². The van der Waals surface area contributed by atoms with Crippen LogP contribution >= 0.6 is 0 Å². The monoisotopic (exact) mass is 343 g/mol. The van der Waals surface area contributed by atoms with Crippen LogP contribution in [0.3, 0.4) is 0 Å². The molecule has 1 N–H and O–H groups in total. The van der Waals surface area contributed by atoms with E-state index < -0.39 is 0 Å². The molecule has 3 rings (SSSR count). The molecule has 1 aliphatic rings. The zero-order chi connectivity index (χ0) is 18.0. The summed E-state index contributed by atoms with van der Waals surface area (Å²) in [7, 11) is 0. The number of benzene rings is 1. The first kappa shape index (κ1) is 17.8. The molecule has 2 atom stereocenters. The van der Waals surface area contributed by atoms with E-state index in [-0.39, 0.29) is 17.8 Å². The number of pyridine rings is 1. The highest BCUT2D eigenvalue weighted by molar-refractivity contribution is 5.98. The SMILES string of the molecule is Cc1nc2cc(F)ccc2cc1C(=O)N[C@H](C)CN1CCC[C@@H](C)C1. The molecule has 2 heterocycles. The van der Waals surface area contributed by atoms with Crippen molar-refractivity contribution in [2.45, 2.75) is 39.7 Å². The number of carbonyl (C=O) groups excluding carboxylic acids is 1. The van der Waals surface area contributed by atoms with Crippen LogP contribution in [0.5, 0.6) is 0 Å². The minimum atomic E-state index is -0.319. The number of aromatic nitrogens is 1. The second kappa shape index (κ2) is 7.48. The van der Waals surface area contributed by atoms with Crippen LogP contribution in [0.15, 0.2) is 24.3 Å². The number of amides is 1. The topological polar surface area (TPSA) is 45.2 Å². The quantitative estimate of drug-likeness (QED) is 0.924. The second-order valence-corrected chi connectivity index (χ2v) is 7.34. The Balaban J connectivity index is 1.69. The van der Waals surface area contributed by atoms with Crippen molar-refractivity contribution in [3.8, 4) is 0 Å². The minimum absolute atomic E-state index is 0.0705. The van der Waals surface area contributed by atoms with Gasteiger partial charge in [0.05, 0.1) is 16.8 Å². The summed E-state index contributed by atoms with van der Waals surface area (Å²) in [4.78, 5) is 19.5. The second-order valence-electron chi connectivity index (χ2n) is 7.34. The van der Waals surface area contributed by atoms with Gasteiger partial charge in [0.2, 0.25) is 0 Å². The first-order valence-electron chi connectivity index (χ1n) is 9.02. The molecule has 1 aliphatic heterocycles. The van der Waals surface area contributed by atoms with Gasteiger partial charge in [-0.3, -0.25) is 9.78 Å². The van der Waals surface area contributed by atoms with E-state index in [1.165, 1.54) is 25.0 Å². The zero-order valence-corrected chi connectivity index (χ0v) is 15.2.